The number of hydrogen-bond donors (Lipinski definition) is 1. The molecule has 2 rings (SSSR count). The topological polar surface area (TPSA) is 46.3 Å². The minimum Gasteiger partial charge on any atom is -0.330 e. The third-order valence-corrected chi connectivity index (χ3v) is 2.60. The number of carbonyl (C=O) groups excluding carboxylic acids is 1. The number of halogens is 1. The van der Waals surface area contributed by atoms with E-state index in [4.69, 9.17) is 5.73 Å². The molecule has 80 valence electrons. The molecule has 0 fully saturated rings. The van der Waals surface area contributed by atoms with Crippen molar-refractivity contribution in [1.82, 2.24) is 0 Å². The fourth-order valence-electron chi connectivity index (χ4n) is 1.92. The number of hydrogen-bond acceptors (Lipinski definition) is 2. The molecule has 1 aromatic carbocycles. The fourth-order valence-corrected chi connectivity index (χ4v) is 1.92. The van der Waals surface area contributed by atoms with Gasteiger partial charge in [-0.25, -0.2) is 4.39 Å². The standard InChI is InChI=1S/C11H13FN2O/c12-9-3-1-2-8-5-7-14(11(8)9)10(15)4-6-13/h1-3H,4-7,13H2. The van der Waals surface area contributed by atoms with Gasteiger partial charge in [-0.3, -0.25) is 4.79 Å². The van der Waals surface area contributed by atoms with Gasteiger partial charge in [0.2, 0.25) is 5.91 Å². The molecule has 0 spiro atoms. The zero-order valence-corrected chi connectivity index (χ0v) is 8.37. The molecule has 1 aromatic rings. The van der Waals surface area contributed by atoms with Crippen molar-refractivity contribution in [3.05, 3.63) is 29.6 Å². The summed E-state index contributed by atoms with van der Waals surface area (Å²) in [6.45, 7) is 0.869. The minimum absolute atomic E-state index is 0.0960. The summed E-state index contributed by atoms with van der Waals surface area (Å²) in [4.78, 5) is 13.1. The first-order chi connectivity index (χ1) is 7.24. The maximum absolute atomic E-state index is 13.5. The summed E-state index contributed by atoms with van der Waals surface area (Å²) < 4.78 is 13.5. The summed E-state index contributed by atoms with van der Waals surface area (Å²) in [5, 5.41) is 0. The van der Waals surface area contributed by atoms with Gasteiger partial charge in [-0.2, -0.15) is 0 Å². The van der Waals surface area contributed by atoms with Gasteiger partial charge in [-0.1, -0.05) is 12.1 Å². The summed E-state index contributed by atoms with van der Waals surface area (Å²) in [6.07, 6.45) is 0.997. The van der Waals surface area contributed by atoms with Crippen LogP contribution in [0.3, 0.4) is 0 Å². The molecule has 0 saturated carbocycles. The molecule has 0 aliphatic carbocycles. The Balaban J connectivity index is 2.31. The van der Waals surface area contributed by atoms with Gasteiger partial charge in [0.05, 0.1) is 5.69 Å². The van der Waals surface area contributed by atoms with E-state index < -0.39 is 0 Å². The summed E-state index contributed by atoms with van der Waals surface area (Å²) >= 11 is 0. The minimum atomic E-state index is -0.324. The smallest absolute Gasteiger partial charge is 0.228 e. The third-order valence-electron chi connectivity index (χ3n) is 2.60. The van der Waals surface area contributed by atoms with E-state index in [0.717, 1.165) is 12.0 Å². The number of nitrogens with zero attached hydrogens (tertiary/aromatic N) is 1. The maximum atomic E-state index is 13.5. The van der Waals surface area contributed by atoms with Gasteiger partial charge >= 0.3 is 0 Å². The van der Waals surface area contributed by atoms with Gasteiger partial charge in [0.1, 0.15) is 5.82 Å². The Morgan fingerprint density at radius 3 is 3.07 bits per heavy atom. The maximum Gasteiger partial charge on any atom is 0.228 e. The van der Waals surface area contributed by atoms with Crippen molar-refractivity contribution in [2.24, 2.45) is 5.73 Å². The number of rotatable bonds is 2. The number of anilines is 1. The van der Waals surface area contributed by atoms with Crippen LogP contribution >= 0.6 is 0 Å². The molecule has 1 heterocycles. The van der Waals surface area contributed by atoms with Crippen molar-refractivity contribution < 1.29 is 9.18 Å². The average Bonchev–Trinajstić information content (AvgIpc) is 2.63. The Morgan fingerprint density at radius 2 is 2.33 bits per heavy atom. The predicted molar refractivity (Wildman–Crippen MR) is 56.1 cm³/mol. The molecule has 0 unspecified atom stereocenters. The Kier molecular flexibility index (Phi) is 2.68. The third kappa shape index (κ3) is 1.72. The lowest BCUT2D eigenvalue weighted by Gasteiger charge is -2.17. The van der Waals surface area contributed by atoms with Crippen LogP contribution in [0.5, 0.6) is 0 Å². The van der Waals surface area contributed by atoms with E-state index in [-0.39, 0.29) is 18.1 Å². The van der Waals surface area contributed by atoms with E-state index in [2.05, 4.69) is 0 Å². The van der Waals surface area contributed by atoms with E-state index in [0.29, 0.717) is 18.8 Å². The van der Waals surface area contributed by atoms with Crippen LogP contribution in [0.4, 0.5) is 10.1 Å². The summed E-state index contributed by atoms with van der Waals surface area (Å²) in [5.74, 6) is -0.420. The largest absolute Gasteiger partial charge is 0.330 e. The molecule has 0 radical (unpaired) electrons. The molecule has 0 atom stereocenters. The number of nitrogens with two attached hydrogens (primary N) is 1. The molecule has 1 aliphatic rings. The first kappa shape index (κ1) is 10.1. The molecular formula is C11H13FN2O. The molecule has 3 nitrogen and oxygen atoms in total. The second kappa shape index (κ2) is 3.98. The summed E-state index contributed by atoms with van der Waals surface area (Å²) in [6, 6.07) is 4.91. The van der Waals surface area contributed by atoms with Gasteiger partial charge in [-0.05, 0) is 18.1 Å². The van der Waals surface area contributed by atoms with Crippen LogP contribution in [-0.4, -0.2) is 19.0 Å². The van der Waals surface area contributed by atoms with Gasteiger partial charge in [0, 0.05) is 19.5 Å². The average molecular weight is 208 g/mol. The molecule has 1 amide bonds. The van der Waals surface area contributed by atoms with E-state index in [1.54, 1.807) is 6.07 Å². The second-order valence-electron chi connectivity index (χ2n) is 3.58. The van der Waals surface area contributed by atoms with Gasteiger partial charge in [-0.15, -0.1) is 0 Å². The highest BCUT2D eigenvalue weighted by Crippen LogP contribution is 2.30. The zero-order valence-electron chi connectivity index (χ0n) is 8.37. The van der Waals surface area contributed by atoms with Crippen LogP contribution in [0.1, 0.15) is 12.0 Å². The Labute approximate surface area is 87.7 Å². The lowest BCUT2D eigenvalue weighted by molar-refractivity contribution is -0.118. The van der Waals surface area contributed by atoms with Crippen LogP contribution in [-0.2, 0) is 11.2 Å². The van der Waals surface area contributed by atoms with Gasteiger partial charge < -0.3 is 10.6 Å². The van der Waals surface area contributed by atoms with E-state index in [1.807, 2.05) is 6.07 Å². The molecule has 1 aliphatic heterocycles. The van der Waals surface area contributed by atoms with Crippen molar-refractivity contribution in [2.45, 2.75) is 12.8 Å². The first-order valence-corrected chi connectivity index (χ1v) is 5.02. The summed E-state index contributed by atoms with van der Waals surface area (Å²) in [7, 11) is 0. The number of para-hydroxylation sites is 1. The molecule has 4 heteroatoms. The number of fused-ring (bicyclic) bond motifs is 1. The monoisotopic (exact) mass is 208 g/mol. The summed E-state index contributed by atoms with van der Waals surface area (Å²) in [5.41, 5.74) is 6.66. The van der Waals surface area contributed by atoms with Crippen LogP contribution in [0.2, 0.25) is 0 Å². The van der Waals surface area contributed by atoms with E-state index >= 15 is 0 Å². The normalized spacial score (nSPS) is 14.1. The van der Waals surface area contributed by atoms with Crippen molar-refractivity contribution in [2.75, 3.05) is 18.0 Å². The highest BCUT2D eigenvalue weighted by molar-refractivity contribution is 5.95. The van der Waals surface area contributed by atoms with Crippen LogP contribution in [0.25, 0.3) is 0 Å². The van der Waals surface area contributed by atoms with Crippen LogP contribution in [0, 0.1) is 5.82 Å². The van der Waals surface area contributed by atoms with Crippen molar-refractivity contribution in [3.8, 4) is 0 Å². The molecule has 15 heavy (non-hydrogen) atoms. The Morgan fingerprint density at radius 1 is 1.53 bits per heavy atom. The van der Waals surface area contributed by atoms with Crippen LogP contribution in [0.15, 0.2) is 18.2 Å². The Hall–Kier alpha value is -1.42. The van der Waals surface area contributed by atoms with Crippen molar-refractivity contribution in [3.63, 3.8) is 0 Å². The number of carbonyl (C=O) groups is 1. The first-order valence-electron chi connectivity index (χ1n) is 5.02. The van der Waals surface area contributed by atoms with Crippen molar-refractivity contribution in [1.29, 1.82) is 0 Å². The van der Waals surface area contributed by atoms with E-state index in [1.165, 1.54) is 11.0 Å². The number of amides is 1. The lowest BCUT2D eigenvalue weighted by Crippen LogP contribution is -2.31. The lowest BCUT2D eigenvalue weighted by atomic mass is 10.1. The second-order valence-corrected chi connectivity index (χ2v) is 3.58. The quantitative estimate of drug-likeness (QED) is 0.790. The van der Waals surface area contributed by atoms with E-state index in [9.17, 15) is 9.18 Å². The molecule has 0 bridgehead atoms. The SMILES string of the molecule is NCCC(=O)N1CCc2cccc(F)c21. The highest BCUT2D eigenvalue weighted by atomic mass is 19.1. The Bertz CT molecular complexity index is 392. The van der Waals surface area contributed by atoms with Crippen molar-refractivity contribution >= 4 is 11.6 Å². The zero-order chi connectivity index (χ0) is 10.8. The van der Waals surface area contributed by atoms with Gasteiger partial charge in [0.25, 0.3) is 0 Å². The molecule has 0 saturated heterocycles. The molecule has 0 aromatic heterocycles. The molecular weight excluding hydrogens is 195 g/mol. The van der Waals surface area contributed by atoms with Gasteiger partial charge in [0.15, 0.2) is 0 Å². The predicted octanol–water partition coefficient (Wildman–Crippen LogP) is 1.06. The fraction of sp³-hybridized carbons (Fsp3) is 0.364. The number of benzene rings is 1. The van der Waals surface area contributed by atoms with Crippen LogP contribution < -0.4 is 10.6 Å². The molecule has 2 N–H and O–H groups in total. The highest BCUT2D eigenvalue weighted by Gasteiger charge is 2.26.